The highest BCUT2D eigenvalue weighted by molar-refractivity contribution is 7.89. The molecule has 0 spiro atoms. The quantitative estimate of drug-likeness (QED) is 0.652. The van der Waals surface area contributed by atoms with Crippen LogP contribution in [-0.4, -0.2) is 43.7 Å². The van der Waals surface area contributed by atoms with Gasteiger partial charge in [0.25, 0.3) is 0 Å². The molecular formula is C23H29ClN2O3S. The molecule has 0 bridgehead atoms. The number of hydrogen-bond acceptors (Lipinski definition) is 3. The molecule has 1 heterocycles. The number of amides is 1. The Morgan fingerprint density at radius 3 is 2.17 bits per heavy atom. The second kappa shape index (κ2) is 9.50. The molecule has 0 N–H and O–H groups in total. The predicted octanol–water partition coefficient (Wildman–Crippen LogP) is 4.52. The second-order valence-electron chi connectivity index (χ2n) is 8.22. The number of nitrogens with zero attached hydrogens (tertiary/aromatic N) is 2. The summed E-state index contributed by atoms with van der Waals surface area (Å²) < 4.78 is 27.4. The minimum Gasteiger partial charge on any atom is -0.341 e. The van der Waals surface area contributed by atoms with Crippen molar-refractivity contribution in [3.63, 3.8) is 0 Å². The van der Waals surface area contributed by atoms with Gasteiger partial charge in [0, 0.05) is 37.6 Å². The van der Waals surface area contributed by atoms with E-state index >= 15 is 0 Å². The average Bonchev–Trinajstić information content (AvgIpc) is 2.75. The Labute approximate surface area is 184 Å². The number of carbonyl (C=O) groups is 1. The molecule has 0 aliphatic carbocycles. The normalized spacial score (nSPS) is 16.0. The first-order valence-electron chi connectivity index (χ1n) is 10.3. The van der Waals surface area contributed by atoms with E-state index in [0.717, 1.165) is 11.1 Å². The lowest BCUT2D eigenvalue weighted by Gasteiger charge is -2.32. The Bertz CT molecular complexity index is 965. The second-order valence-corrected chi connectivity index (χ2v) is 10.6. The van der Waals surface area contributed by atoms with Crippen molar-refractivity contribution in [1.82, 2.24) is 9.21 Å². The van der Waals surface area contributed by atoms with E-state index in [1.165, 1.54) is 4.31 Å². The van der Waals surface area contributed by atoms with Crippen molar-refractivity contribution in [3.05, 3.63) is 64.7 Å². The van der Waals surface area contributed by atoms with E-state index in [9.17, 15) is 13.2 Å². The fourth-order valence-electron chi connectivity index (χ4n) is 3.77. The van der Waals surface area contributed by atoms with Crippen molar-refractivity contribution in [2.45, 2.75) is 44.0 Å². The zero-order valence-electron chi connectivity index (χ0n) is 17.7. The number of carbonyl (C=O) groups excluding carboxylic acids is 1. The molecule has 162 valence electrons. The lowest BCUT2D eigenvalue weighted by molar-refractivity contribution is -0.135. The maximum Gasteiger partial charge on any atom is 0.243 e. The summed E-state index contributed by atoms with van der Waals surface area (Å²) in [7, 11) is -1.74. The standard InChI is InChI=1S/C23H29ClN2O3S/c1-17(2)19-6-10-22(11-7-19)30(28,29)26-14-12-20(13-15-26)23(27)25(3)16-18-4-8-21(24)9-5-18/h4-11,17,20H,12-16H2,1-3H3. The van der Waals surface area contributed by atoms with Crippen LogP contribution < -0.4 is 0 Å². The molecule has 1 aliphatic rings. The SMILES string of the molecule is CC(C)c1ccc(S(=O)(=O)N2CCC(C(=O)N(C)Cc3ccc(Cl)cc3)CC2)cc1. The summed E-state index contributed by atoms with van der Waals surface area (Å²) in [5, 5.41) is 0.667. The van der Waals surface area contributed by atoms with Crippen molar-refractivity contribution in [2.75, 3.05) is 20.1 Å². The summed E-state index contributed by atoms with van der Waals surface area (Å²) in [6.07, 6.45) is 1.07. The van der Waals surface area contributed by atoms with Gasteiger partial charge in [0.2, 0.25) is 15.9 Å². The third kappa shape index (κ3) is 5.23. The highest BCUT2D eigenvalue weighted by Gasteiger charge is 2.33. The summed E-state index contributed by atoms with van der Waals surface area (Å²) >= 11 is 5.91. The van der Waals surface area contributed by atoms with Crippen LogP contribution in [0.4, 0.5) is 0 Å². The summed E-state index contributed by atoms with van der Waals surface area (Å²) in [6.45, 7) is 5.39. The maximum absolute atomic E-state index is 13.0. The minimum atomic E-state index is -3.53. The van der Waals surface area contributed by atoms with Gasteiger partial charge < -0.3 is 4.90 Å². The van der Waals surface area contributed by atoms with Gasteiger partial charge in [-0.2, -0.15) is 4.31 Å². The minimum absolute atomic E-state index is 0.0586. The molecule has 0 atom stereocenters. The van der Waals surface area contributed by atoms with E-state index < -0.39 is 10.0 Å². The van der Waals surface area contributed by atoms with Crippen LogP contribution in [0.3, 0.4) is 0 Å². The van der Waals surface area contributed by atoms with Crippen LogP contribution in [0, 0.1) is 5.92 Å². The van der Waals surface area contributed by atoms with Crippen molar-refractivity contribution < 1.29 is 13.2 Å². The molecule has 0 unspecified atom stereocenters. The lowest BCUT2D eigenvalue weighted by atomic mass is 9.96. The first-order valence-corrected chi connectivity index (χ1v) is 12.1. The lowest BCUT2D eigenvalue weighted by Crippen LogP contribution is -2.43. The largest absolute Gasteiger partial charge is 0.341 e. The van der Waals surface area contributed by atoms with Crippen LogP contribution in [0.15, 0.2) is 53.4 Å². The Kier molecular flexibility index (Phi) is 7.22. The van der Waals surface area contributed by atoms with Gasteiger partial charge in [-0.1, -0.05) is 49.7 Å². The third-order valence-electron chi connectivity index (χ3n) is 5.70. The van der Waals surface area contributed by atoms with Gasteiger partial charge in [-0.15, -0.1) is 0 Å². The van der Waals surface area contributed by atoms with E-state index in [0.29, 0.717) is 48.3 Å². The Morgan fingerprint density at radius 2 is 1.63 bits per heavy atom. The van der Waals surface area contributed by atoms with Gasteiger partial charge in [-0.05, 0) is 54.2 Å². The van der Waals surface area contributed by atoms with Crippen LogP contribution in [0.5, 0.6) is 0 Å². The van der Waals surface area contributed by atoms with Gasteiger partial charge in [0.1, 0.15) is 0 Å². The molecule has 1 fully saturated rings. The molecule has 1 saturated heterocycles. The molecule has 0 saturated carbocycles. The molecule has 0 radical (unpaired) electrons. The third-order valence-corrected chi connectivity index (χ3v) is 7.86. The zero-order chi connectivity index (χ0) is 21.9. The van der Waals surface area contributed by atoms with Crippen molar-refractivity contribution >= 4 is 27.5 Å². The highest BCUT2D eigenvalue weighted by Crippen LogP contribution is 2.26. The summed E-state index contributed by atoms with van der Waals surface area (Å²) in [5.74, 6) is 0.258. The molecule has 30 heavy (non-hydrogen) atoms. The van der Waals surface area contributed by atoms with Crippen molar-refractivity contribution in [2.24, 2.45) is 5.92 Å². The molecule has 3 rings (SSSR count). The zero-order valence-corrected chi connectivity index (χ0v) is 19.3. The summed E-state index contributed by atoms with van der Waals surface area (Å²) in [5.41, 5.74) is 2.13. The van der Waals surface area contributed by atoms with Gasteiger partial charge >= 0.3 is 0 Å². The molecule has 7 heteroatoms. The highest BCUT2D eigenvalue weighted by atomic mass is 35.5. The monoisotopic (exact) mass is 448 g/mol. The fourth-order valence-corrected chi connectivity index (χ4v) is 5.37. The van der Waals surface area contributed by atoms with Crippen LogP contribution in [0.1, 0.15) is 43.7 Å². The van der Waals surface area contributed by atoms with Gasteiger partial charge in [-0.3, -0.25) is 4.79 Å². The van der Waals surface area contributed by atoms with Crippen LogP contribution >= 0.6 is 11.6 Å². The molecule has 0 aromatic heterocycles. The van der Waals surface area contributed by atoms with Crippen LogP contribution in [0.2, 0.25) is 5.02 Å². The van der Waals surface area contributed by atoms with E-state index in [1.54, 1.807) is 24.1 Å². The van der Waals surface area contributed by atoms with E-state index in [1.807, 2.05) is 36.4 Å². The van der Waals surface area contributed by atoms with E-state index in [-0.39, 0.29) is 11.8 Å². The Balaban J connectivity index is 1.59. The van der Waals surface area contributed by atoms with Gasteiger partial charge in [0.15, 0.2) is 0 Å². The molecular weight excluding hydrogens is 420 g/mol. The average molecular weight is 449 g/mol. The number of piperidine rings is 1. The van der Waals surface area contributed by atoms with E-state index in [4.69, 9.17) is 11.6 Å². The predicted molar refractivity (Wildman–Crippen MR) is 120 cm³/mol. The van der Waals surface area contributed by atoms with Gasteiger partial charge in [0.05, 0.1) is 4.90 Å². The smallest absolute Gasteiger partial charge is 0.243 e. The Morgan fingerprint density at radius 1 is 1.07 bits per heavy atom. The molecule has 5 nitrogen and oxygen atoms in total. The number of rotatable bonds is 6. The molecule has 1 aliphatic heterocycles. The topological polar surface area (TPSA) is 57.7 Å². The first kappa shape index (κ1) is 22.8. The van der Waals surface area contributed by atoms with Crippen molar-refractivity contribution in [3.8, 4) is 0 Å². The number of halogens is 1. The van der Waals surface area contributed by atoms with Crippen LogP contribution in [-0.2, 0) is 21.4 Å². The van der Waals surface area contributed by atoms with Gasteiger partial charge in [-0.25, -0.2) is 8.42 Å². The number of hydrogen-bond donors (Lipinski definition) is 0. The Hall–Kier alpha value is -1.89. The number of sulfonamides is 1. The summed E-state index contributed by atoms with van der Waals surface area (Å²) in [4.78, 5) is 14.9. The van der Waals surface area contributed by atoms with Crippen LogP contribution in [0.25, 0.3) is 0 Å². The fraction of sp³-hybridized carbons (Fsp3) is 0.435. The van der Waals surface area contributed by atoms with E-state index in [2.05, 4.69) is 13.8 Å². The maximum atomic E-state index is 13.0. The number of benzene rings is 2. The molecule has 2 aromatic carbocycles. The van der Waals surface area contributed by atoms with Crippen molar-refractivity contribution in [1.29, 1.82) is 0 Å². The first-order chi connectivity index (χ1) is 14.2. The molecule has 1 amide bonds. The molecule has 2 aromatic rings. The summed E-state index contributed by atoms with van der Waals surface area (Å²) in [6, 6.07) is 14.6.